The number of nitrogens with zero attached hydrogens (tertiary/aromatic N) is 4. The Kier molecular flexibility index (Phi) is 4.79. The Morgan fingerprint density at radius 3 is 2.72 bits per heavy atom. The molecule has 7 nitrogen and oxygen atoms in total. The van der Waals surface area contributed by atoms with Crippen molar-refractivity contribution in [1.29, 1.82) is 0 Å². The predicted molar refractivity (Wildman–Crippen MR) is 108 cm³/mol. The lowest BCUT2D eigenvalue weighted by atomic mass is 10.1. The lowest BCUT2D eigenvalue weighted by molar-refractivity contribution is 0.174. The van der Waals surface area contributed by atoms with Crippen molar-refractivity contribution in [2.75, 3.05) is 6.79 Å². The van der Waals surface area contributed by atoms with Gasteiger partial charge in [-0.25, -0.2) is 0 Å². The van der Waals surface area contributed by atoms with Crippen LogP contribution >= 0.6 is 23.4 Å². The quantitative estimate of drug-likeness (QED) is 0.419. The first-order valence-electron chi connectivity index (χ1n) is 8.70. The van der Waals surface area contributed by atoms with Crippen molar-refractivity contribution < 1.29 is 14.0 Å². The Morgan fingerprint density at radius 2 is 1.86 bits per heavy atom. The van der Waals surface area contributed by atoms with Crippen LogP contribution in [-0.4, -0.2) is 27.1 Å². The molecule has 0 atom stereocenters. The summed E-state index contributed by atoms with van der Waals surface area (Å²) in [7, 11) is 0. The maximum absolute atomic E-state index is 6.03. The van der Waals surface area contributed by atoms with Crippen molar-refractivity contribution >= 4 is 23.4 Å². The minimum Gasteiger partial charge on any atom is -0.454 e. The van der Waals surface area contributed by atoms with E-state index in [2.05, 4.69) is 20.3 Å². The Balaban J connectivity index is 1.25. The number of benzene rings is 2. The number of rotatable bonds is 5. The van der Waals surface area contributed by atoms with Crippen molar-refractivity contribution in [1.82, 2.24) is 20.3 Å². The van der Waals surface area contributed by atoms with Gasteiger partial charge in [0.15, 0.2) is 11.5 Å². The number of ether oxygens (including phenoxy) is 2. The minimum atomic E-state index is 0.226. The molecule has 1 aliphatic rings. The van der Waals surface area contributed by atoms with Crippen LogP contribution in [0.1, 0.15) is 5.89 Å². The summed E-state index contributed by atoms with van der Waals surface area (Å²) in [5.41, 5.74) is 2.49. The van der Waals surface area contributed by atoms with Crippen LogP contribution in [-0.2, 0) is 5.75 Å². The number of hydrogen-bond acceptors (Lipinski definition) is 8. The number of hydrogen-bond donors (Lipinski definition) is 0. The maximum atomic E-state index is 6.03. The number of fused-ring (bicyclic) bond motifs is 1. The van der Waals surface area contributed by atoms with Crippen molar-refractivity contribution in [2.24, 2.45) is 0 Å². The minimum absolute atomic E-state index is 0.226. The van der Waals surface area contributed by atoms with Crippen LogP contribution in [0.3, 0.4) is 0 Å². The molecule has 5 rings (SSSR count). The average molecular weight is 425 g/mol. The van der Waals surface area contributed by atoms with E-state index in [9.17, 15) is 0 Å². The molecule has 29 heavy (non-hydrogen) atoms. The Morgan fingerprint density at radius 1 is 0.931 bits per heavy atom. The van der Waals surface area contributed by atoms with Gasteiger partial charge in [-0.2, -0.15) is 4.98 Å². The van der Waals surface area contributed by atoms with E-state index in [-0.39, 0.29) is 6.79 Å². The highest BCUT2D eigenvalue weighted by Gasteiger charge is 2.16. The van der Waals surface area contributed by atoms with Crippen LogP contribution in [0.4, 0.5) is 0 Å². The summed E-state index contributed by atoms with van der Waals surface area (Å²) >= 11 is 7.50. The zero-order valence-electron chi connectivity index (χ0n) is 14.9. The van der Waals surface area contributed by atoms with Gasteiger partial charge in [0, 0.05) is 16.1 Å². The average Bonchev–Trinajstić information content (AvgIpc) is 3.41. The van der Waals surface area contributed by atoms with Gasteiger partial charge in [-0.05, 0) is 42.5 Å². The molecule has 0 radical (unpaired) electrons. The molecule has 4 aromatic rings. The van der Waals surface area contributed by atoms with E-state index in [0.29, 0.717) is 34.0 Å². The zero-order valence-corrected chi connectivity index (χ0v) is 16.5. The Labute approximate surface area is 175 Å². The molecule has 0 bridgehead atoms. The van der Waals surface area contributed by atoms with E-state index in [1.165, 1.54) is 11.8 Å². The molecule has 1 aliphatic heterocycles. The first kappa shape index (κ1) is 18.0. The molecule has 2 aromatic heterocycles. The number of thioether (sulfide) groups is 1. The summed E-state index contributed by atoms with van der Waals surface area (Å²) in [6.45, 7) is 0.226. The standard InChI is InChI=1S/C20H13ClN4O3S/c21-14-3-1-2-12(8-14)15-5-7-19(24-23-15)29-10-18-22-20(25-28-18)13-4-6-16-17(9-13)27-11-26-16/h1-9H,10-11H2. The number of halogens is 1. The van der Waals surface area contributed by atoms with Crippen LogP contribution < -0.4 is 9.47 Å². The lowest BCUT2D eigenvalue weighted by Crippen LogP contribution is -1.92. The molecule has 0 amide bonds. The van der Waals surface area contributed by atoms with Crippen LogP contribution in [0.25, 0.3) is 22.6 Å². The fraction of sp³-hybridized carbons (Fsp3) is 0.100. The molecule has 0 fully saturated rings. The lowest BCUT2D eigenvalue weighted by Gasteiger charge is -2.02. The van der Waals surface area contributed by atoms with Crippen LogP contribution in [0.15, 0.2) is 64.1 Å². The van der Waals surface area contributed by atoms with Gasteiger partial charge >= 0.3 is 0 Å². The molecule has 3 heterocycles. The number of aromatic nitrogens is 4. The molecule has 0 saturated carbocycles. The summed E-state index contributed by atoms with van der Waals surface area (Å²) < 4.78 is 16.1. The van der Waals surface area contributed by atoms with Gasteiger partial charge < -0.3 is 14.0 Å². The fourth-order valence-electron chi connectivity index (χ4n) is 2.80. The highest BCUT2D eigenvalue weighted by atomic mass is 35.5. The van der Waals surface area contributed by atoms with Crippen LogP contribution in [0.2, 0.25) is 5.02 Å². The van der Waals surface area contributed by atoms with Gasteiger partial charge in [0.05, 0.1) is 11.4 Å². The summed E-state index contributed by atoms with van der Waals surface area (Å²) in [5, 5.41) is 14.0. The highest BCUT2D eigenvalue weighted by Crippen LogP contribution is 2.35. The largest absolute Gasteiger partial charge is 0.454 e. The van der Waals surface area contributed by atoms with Crippen LogP contribution in [0, 0.1) is 0 Å². The Bertz CT molecular complexity index is 1170. The van der Waals surface area contributed by atoms with Crippen LogP contribution in [0.5, 0.6) is 11.5 Å². The third-order valence-corrected chi connectivity index (χ3v) is 5.34. The molecule has 0 saturated heterocycles. The molecular formula is C20H13ClN4O3S. The zero-order chi connectivity index (χ0) is 19.6. The van der Waals surface area contributed by atoms with Gasteiger partial charge in [-0.15, -0.1) is 10.2 Å². The smallest absolute Gasteiger partial charge is 0.237 e. The second kappa shape index (κ2) is 7.73. The van der Waals surface area contributed by atoms with Gasteiger partial charge in [0.1, 0.15) is 5.03 Å². The van der Waals surface area contributed by atoms with E-state index >= 15 is 0 Å². The third-order valence-electron chi connectivity index (χ3n) is 4.20. The molecular weight excluding hydrogens is 412 g/mol. The summed E-state index contributed by atoms with van der Waals surface area (Å²) in [4.78, 5) is 4.44. The second-order valence-electron chi connectivity index (χ2n) is 6.14. The third kappa shape index (κ3) is 3.90. The van der Waals surface area contributed by atoms with Crippen molar-refractivity contribution in [3.05, 3.63) is 65.5 Å². The van der Waals surface area contributed by atoms with E-state index in [4.69, 9.17) is 25.6 Å². The molecule has 144 valence electrons. The summed E-state index contributed by atoms with van der Waals surface area (Å²) in [6, 6.07) is 16.9. The molecule has 9 heteroatoms. The summed E-state index contributed by atoms with van der Waals surface area (Å²) in [6.07, 6.45) is 0. The normalized spacial score (nSPS) is 12.3. The van der Waals surface area contributed by atoms with Gasteiger partial charge in [-0.3, -0.25) is 0 Å². The van der Waals surface area contributed by atoms with Gasteiger partial charge in [-0.1, -0.05) is 40.7 Å². The van der Waals surface area contributed by atoms with Crippen molar-refractivity contribution in [3.63, 3.8) is 0 Å². The predicted octanol–water partition coefficient (Wildman–Crippen LogP) is 4.87. The first-order chi connectivity index (χ1) is 14.2. The second-order valence-corrected chi connectivity index (χ2v) is 7.57. The SMILES string of the molecule is Clc1cccc(-c2ccc(SCc3nc(-c4ccc5c(c4)OCO5)no3)nn2)c1. The fourth-order valence-corrected chi connectivity index (χ4v) is 3.64. The highest BCUT2D eigenvalue weighted by molar-refractivity contribution is 7.98. The van der Waals surface area contributed by atoms with Crippen molar-refractivity contribution in [2.45, 2.75) is 10.8 Å². The van der Waals surface area contributed by atoms with Gasteiger partial charge in [0.2, 0.25) is 18.5 Å². The molecule has 0 N–H and O–H groups in total. The van der Waals surface area contributed by atoms with E-state index in [1.807, 2.05) is 54.6 Å². The maximum Gasteiger partial charge on any atom is 0.237 e. The first-order valence-corrected chi connectivity index (χ1v) is 10.1. The molecule has 2 aromatic carbocycles. The van der Waals surface area contributed by atoms with Gasteiger partial charge in [0.25, 0.3) is 0 Å². The topological polar surface area (TPSA) is 83.2 Å². The monoisotopic (exact) mass is 424 g/mol. The molecule has 0 spiro atoms. The summed E-state index contributed by atoms with van der Waals surface area (Å²) in [5.74, 6) is 2.89. The molecule has 0 aliphatic carbocycles. The van der Waals surface area contributed by atoms with Crippen molar-refractivity contribution in [3.8, 4) is 34.1 Å². The van der Waals surface area contributed by atoms with E-state index in [1.54, 1.807) is 0 Å². The van der Waals surface area contributed by atoms with E-state index < -0.39 is 0 Å². The molecule has 0 unspecified atom stereocenters. The Hall–Kier alpha value is -3.10. The van der Waals surface area contributed by atoms with E-state index in [0.717, 1.165) is 21.8 Å².